The third-order valence-corrected chi connectivity index (χ3v) is 3.48. The summed E-state index contributed by atoms with van der Waals surface area (Å²) in [5, 5.41) is 37.0. The first-order chi connectivity index (χ1) is 10.4. The minimum absolute atomic E-state index is 0.0283. The number of hydrogen-bond donors (Lipinski definition) is 6. The SMILES string of the molecule is NCCCCCCCC(=O)C(=O)[C@H](N)[C@@H](O)[C@@H](O)[C@H](O)CO. The van der Waals surface area contributed by atoms with Gasteiger partial charge in [0.2, 0.25) is 5.78 Å². The van der Waals surface area contributed by atoms with E-state index >= 15 is 0 Å². The number of aliphatic hydroxyl groups is 4. The van der Waals surface area contributed by atoms with Crippen molar-refractivity contribution in [1.82, 2.24) is 0 Å². The van der Waals surface area contributed by atoms with Crippen LogP contribution >= 0.6 is 0 Å². The summed E-state index contributed by atoms with van der Waals surface area (Å²) in [6, 6.07) is -1.62. The second-order valence-corrected chi connectivity index (χ2v) is 5.35. The molecule has 0 radical (unpaired) electrons. The maximum Gasteiger partial charge on any atom is 0.217 e. The van der Waals surface area contributed by atoms with E-state index in [0.29, 0.717) is 13.0 Å². The molecule has 0 aliphatic carbocycles. The van der Waals surface area contributed by atoms with Crippen LogP contribution in [0.2, 0.25) is 0 Å². The fourth-order valence-corrected chi connectivity index (χ4v) is 1.97. The topological polar surface area (TPSA) is 167 Å². The van der Waals surface area contributed by atoms with Crippen molar-refractivity contribution >= 4 is 11.6 Å². The fourth-order valence-electron chi connectivity index (χ4n) is 1.97. The highest BCUT2D eigenvalue weighted by atomic mass is 16.4. The van der Waals surface area contributed by atoms with E-state index in [0.717, 1.165) is 25.7 Å². The van der Waals surface area contributed by atoms with Gasteiger partial charge in [-0.2, -0.15) is 0 Å². The van der Waals surface area contributed by atoms with E-state index in [9.17, 15) is 24.9 Å². The predicted octanol–water partition coefficient (Wildman–Crippen LogP) is -2.17. The lowest BCUT2D eigenvalue weighted by atomic mass is 9.95. The minimum atomic E-state index is -1.82. The van der Waals surface area contributed by atoms with E-state index in [1.165, 1.54) is 0 Å². The maximum absolute atomic E-state index is 11.8. The highest BCUT2D eigenvalue weighted by Crippen LogP contribution is 2.09. The first-order valence-corrected chi connectivity index (χ1v) is 7.54. The minimum Gasteiger partial charge on any atom is -0.394 e. The number of ketones is 2. The van der Waals surface area contributed by atoms with Gasteiger partial charge < -0.3 is 31.9 Å². The highest BCUT2D eigenvalue weighted by Gasteiger charge is 2.35. The molecule has 0 saturated carbocycles. The van der Waals surface area contributed by atoms with Crippen molar-refractivity contribution in [2.24, 2.45) is 11.5 Å². The van der Waals surface area contributed by atoms with Crippen molar-refractivity contribution in [3.05, 3.63) is 0 Å². The summed E-state index contributed by atoms with van der Waals surface area (Å²) in [7, 11) is 0. The largest absolute Gasteiger partial charge is 0.394 e. The van der Waals surface area contributed by atoms with Crippen molar-refractivity contribution in [1.29, 1.82) is 0 Å². The lowest BCUT2D eigenvalue weighted by Gasteiger charge is -2.25. The molecule has 0 aromatic carbocycles. The second kappa shape index (κ2) is 11.6. The van der Waals surface area contributed by atoms with Gasteiger partial charge >= 0.3 is 0 Å². The Balaban J connectivity index is 4.18. The summed E-state index contributed by atoms with van der Waals surface area (Å²) < 4.78 is 0. The predicted molar refractivity (Wildman–Crippen MR) is 79.9 cm³/mol. The number of nitrogens with two attached hydrogens (primary N) is 2. The van der Waals surface area contributed by atoms with Gasteiger partial charge in [-0.05, 0) is 19.4 Å². The monoisotopic (exact) mass is 320 g/mol. The quantitative estimate of drug-likeness (QED) is 0.164. The van der Waals surface area contributed by atoms with E-state index in [-0.39, 0.29) is 6.42 Å². The van der Waals surface area contributed by atoms with Crippen molar-refractivity contribution < 1.29 is 30.0 Å². The molecular formula is C14H28N2O6. The zero-order chi connectivity index (χ0) is 17.1. The Labute approximate surface area is 130 Å². The molecule has 8 nitrogen and oxygen atoms in total. The van der Waals surface area contributed by atoms with E-state index in [1.54, 1.807) is 0 Å². The molecule has 0 amide bonds. The number of Topliss-reactive ketones (excluding diaryl/α,β-unsaturated/α-hetero) is 2. The molecule has 0 aromatic rings. The van der Waals surface area contributed by atoms with Gasteiger partial charge in [-0.3, -0.25) is 9.59 Å². The molecule has 8 heteroatoms. The molecule has 0 fully saturated rings. The molecule has 130 valence electrons. The Hall–Kier alpha value is -0.900. The lowest BCUT2D eigenvalue weighted by Crippen LogP contribution is -2.54. The van der Waals surface area contributed by atoms with Gasteiger partial charge in [0.25, 0.3) is 0 Å². The van der Waals surface area contributed by atoms with Crippen LogP contribution in [0.25, 0.3) is 0 Å². The molecule has 0 aliphatic rings. The van der Waals surface area contributed by atoms with Gasteiger partial charge in [-0.1, -0.05) is 19.3 Å². The average Bonchev–Trinajstić information content (AvgIpc) is 2.54. The molecule has 0 bridgehead atoms. The Bertz CT molecular complexity index is 339. The summed E-state index contributed by atoms with van der Waals surface area (Å²) in [4.78, 5) is 23.4. The Kier molecular flexibility index (Phi) is 11.2. The number of carbonyl (C=O) groups excluding carboxylic acids is 2. The van der Waals surface area contributed by atoms with Crippen LogP contribution in [0.1, 0.15) is 38.5 Å². The molecule has 22 heavy (non-hydrogen) atoms. The van der Waals surface area contributed by atoms with Crippen LogP contribution in [0.4, 0.5) is 0 Å². The summed E-state index contributed by atoms with van der Waals surface area (Å²) >= 11 is 0. The smallest absolute Gasteiger partial charge is 0.217 e. The van der Waals surface area contributed by atoms with Crippen LogP contribution in [-0.2, 0) is 9.59 Å². The summed E-state index contributed by atoms with van der Waals surface area (Å²) in [6.07, 6.45) is -1.06. The van der Waals surface area contributed by atoms with Gasteiger partial charge in [-0.15, -0.1) is 0 Å². The van der Waals surface area contributed by atoms with E-state index in [2.05, 4.69) is 0 Å². The summed E-state index contributed by atoms with van der Waals surface area (Å²) in [5.41, 5.74) is 10.8. The molecule has 0 aromatic heterocycles. The summed E-state index contributed by atoms with van der Waals surface area (Å²) in [5.74, 6) is -1.70. The Morgan fingerprint density at radius 1 is 0.909 bits per heavy atom. The molecule has 0 spiro atoms. The van der Waals surface area contributed by atoms with Gasteiger partial charge in [0.1, 0.15) is 24.4 Å². The third kappa shape index (κ3) is 7.39. The van der Waals surface area contributed by atoms with Gasteiger partial charge in [-0.25, -0.2) is 0 Å². The zero-order valence-electron chi connectivity index (χ0n) is 12.7. The van der Waals surface area contributed by atoms with Crippen molar-refractivity contribution in [3.63, 3.8) is 0 Å². The van der Waals surface area contributed by atoms with E-state index in [4.69, 9.17) is 16.6 Å². The van der Waals surface area contributed by atoms with Crippen LogP contribution in [0, 0.1) is 0 Å². The van der Waals surface area contributed by atoms with Crippen LogP contribution < -0.4 is 11.5 Å². The molecule has 8 N–H and O–H groups in total. The van der Waals surface area contributed by atoms with E-state index < -0.39 is 42.5 Å². The standard InChI is InChI=1S/C14H28N2O6/c15-7-5-3-1-2-4-6-9(18)12(20)11(16)14(22)13(21)10(19)8-17/h10-11,13-14,17,19,21-22H,1-8,15-16H2/t10-,11+,13+,14-/m1/s1. The first-order valence-electron chi connectivity index (χ1n) is 7.54. The summed E-state index contributed by atoms with van der Waals surface area (Å²) in [6.45, 7) is -0.165. The molecule has 0 rings (SSSR count). The number of unbranched alkanes of at least 4 members (excludes halogenated alkanes) is 4. The molecular weight excluding hydrogens is 292 g/mol. The van der Waals surface area contributed by atoms with Crippen LogP contribution in [-0.4, -0.2) is 69.5 Å². The normalized spacial score (nSPS) is 16.8. The first kappa shape index (κ1) is 21.1. The van der Waals surface area contributed by atoms with Gasteiger partial charge in [0.15, 0.2) is 5.78 Å². The zero-order valence-corrected chi connectivity index (χ0v) is 12.7. The highest BCUT2D eigenvalue weighted by molar-refractivity contribution is 6.39. The molecule has 0 aliphatic heterocycles. The van der Waals surface area contributed by atoms with Crippen LogP contribution in [0.15, 0.2) is 0 Å². The van der Waals surface area contributed by atoms with Crippen molar-refractivity contribution in [2.75, 3.05) is 13.2 Å². The molecule has 4 atom stereocenters. The average molecular weight is 320 g/mol. The van der Waals surface area contributed by atoms with Crippen LogP contribution in [0.3, 0.4) is 0 Å². The molecule has 0 heterocycles. The number of carbonyl (C=O) groups is 2. The number of rotatable bonds is 13. The Morgan fingerprint density at radius 2 is 1.45 bits per heavy atom. The van der Waals surface area contributed by atoms with Crippen LogP contribution in [0.5, 0.6) is 0 Å². The lowest BCUT2D eigenvalue weighted by molar-refractivity contribution is -0.142. The van der Waals surface area contributed by atoms with Gasteiger partial charge in [0.05, 0.1) is 6.61 Å². The third-order valence-electron chi connectivity index (χ3n) is 3.48. The van der Waals surface area contributed by atoms with Gasteiger partial charge in [0, 0.05) is 6.42 Å². The number of aliphatic hydroxyl groups excluding tert-OH is 4. The number of hydrogen-bond acceptors (Lipinski definition) is 8. The second-order valence-electron chi connectivity index (χ2n) is 5.35. The molecule has 0 saturated heterocycles. The van der Waals surface area contributed by atoms with Crippen molar-refractivity contribution in [2.45, 2.75) is 62.9 Å². The Morgan fingerprint density at radius 3 is 2.00 bits per heavy atom. The fraction of sp³-hybridized carbons (Fsp3) is 0.857. The van der Waals surface area contributed by atoms with Crippen molar-refractivity contribution in [3.8, 4) is 0 Å². The maximum atomic E-state index is 11.8. The molecule has 0 unspecified atom stereocenters. The van der Waals surface area contributed by atoms with E-state index in [1.807, 2.05) is 0 Å².